The van der Waals surface area contributed by atoms with Crippen molar-refractivity contribution in [3.8, 4) is 5.88 Å². The van der Waals surface area contributed by atoms with E-state index in [0.29, 0.717) is 18.5 Å². The number of hydrogen-bond acceptors (Lipinski definition) is 4. The lowest BCUT2D eigenvalue weighted by atomic mass is 10.3. The van der Waals surface area contributed by atoms with Gasteiger partial charge in [-0.2, -0.15) is 16.7 Å². The molecule has 0 radical (unpaired) electrons. The summed E-state index contributed by atoms with van der Waals surface area (Å²) in [6.45, 7) is 2.63. The molecule has 1 aliphatic rings. The third kappa shape index (κ3) is 2.32. The quantitative estimate of drug-likeness (QED) is 0.824. The molecule has 0 aliphatic carbocycles. The molecule has 0 saturated carbocycles. The number of ether oxygens (including phenoxy) is 1. The van der Waals surface area contributed by atoms with E-state index in [1.807, 2.05) is 36.9 Å². The summed E-state index contributed by atoms with van der Waals surface area (Å²) in [5.74, 6) is 3.98. The van der Waals surface area contributed by atoms with Crippen LogP contribution in [0, 0.1) is 0 Å². The van der Waals surface area contributed by atoms with E-state index in [-0.39, 0.29) is 0 Å². The summed E-state index contributed by atoms with van der Waals surface area (Å²) in [5.41, 5.74) is 0. The zero-order chi connectivity index (χ0) is 9.80. The number of hydrogen-bond donors (Lipinski definition) is 1. The van der Waals surface area contributed by atoms with E-state index in [1.165, 1.54) is 11.5 Å². The van der Waals surface area contributed by atoms with Gasteiger partial charge in [0.15, 0.2) is 0 Å². The average molecular weight is 210 g/mol. The van der Waals surface area contributed by atoms with Crippen LogP contribution in [0.15, 0.2) is 18.2 Å². The van der Waals surface area contributed by atoms with Crippen LogP contribution in [0.3, 0.4) is 0 Å². The normalized spacial score (nSPS) is 16.1. The van der Waals surface area contributed by atoms with Crippen LogP contribution >= 0.6 is 11.8 Å². The van der Waals surface area contributed by atoms with Crippen molar-refractivity contribution in [3.05, 3.63) is 18.2 Å². The molecular formula is C10H14N2OS. The fraction of sp³-hybridized carbons (Fsp3) is 0.500. The molecule has 0 spiro atoms. The molecule has 1 aliphatic heterocycles. The van der Waals surface area contributed by atoms with Gasteiger partial charge >= 0.3 is 0 Å². The molecule has 2 heterocycles. The van der Waals surface area contributed by atoms with Crippen molar-refractivity contribution in [2.24, 2.45) is 0 Å². The van der Waals surface area contributed by atoms with Crippen molar-refractivity contribution in [2.45, 2.75) is 13.0 Å². The van der Waals surface area contributed by atoms with Gasteiger partial charge in [-0.1, -0.05) is 6.07 Å². The van der Waals surface area contributed by atoms with Crippen LogP contribution in [0.2, 0.25) is 0 Å². The van der Waals surface area contributed by atoms with E-state index in [2.05, 4.69) is 10.3 Å². The van der Waals surface area contributed by atoms with E-state index in [4.69, 9.17) is 4.74 Å². The number of aromatic nitrogens is 1. The molecule has 0 amide bonds. The highest BCUT2D eigenvalue weighted by molar-refractivity contribution is 8.00. The van der Waals surface area contributed by atoms with Gasteiger partial charge in [0.2, 0.25) is 5.88 Å². The number of pyridine rings is 1. The van der Waals surface area contributed by atoms with Gasteiger partial charge in [0.1, 0.15) is 5.82 Å². The van der Waals surface area contributed by atoms with E-state index < -0.39 is 0 Å². The minimum absolute atomic E-state index is 0.587. The van der Waals surface area contributed by atoms with Crippen LogP contribution in [0.5, 0.6) is 5.88 Å². The molecule has 0 atom stereocenters. The zero-order valence-electron chi connectivity index (χ0n) is 8.19. The molecule has 0 unspecified atom stereocenters. The van der Waals surface area contributed by atoms with Crippen molar-refractivity contribution in [2.75, 3.05) is 23.4 Å². The Morgan fingerprint density at radius 2 is 2.43 bits per heavy atom. The maximum atomic E-state index is 5.32. The second kappa shape index (κ2) is 4.55. The first-order valence-corrected chi connectivity index (χ1v) is 5.98. The Kier molecular flexibility index (Phi) is 3.14. The Hall–Kier alpha value is -0.900. The van der Waals surface area contributed by atoms with Gasteiger partial charge in [0, 0.05) is 23.6 Å². The Bertz CT molecular complexity index is 302. The summed E-state index contributed by atoms with van der Waals surface area (Å²) < 4.78 is 5.32. The Balaban J connectivity index is 1.97. The predicted octanol–water partition coefficient (Wildman–Crippen LogP) is 2.01. The molecule has 1 saturated heterocycles. The molecule has 4 heteroatoms. The highest BCUT2D eigenvalue weighted by atomic mass is 32.2. The molecule has 1 aromatic heterocycles. The highest BCUT2D eigenvalue weighted by Gasteiger charge is 2.17. The fourth-order valence-electron chi connectivity index (χ4n) is 1.25. The molecule has 1 fully saturated rings. The van der Waals surface area contributed by atoms with Gasteiger partial charge in [-0.3, -0.25) is 0 Å². The van der Waals surface area contributed by atoms with Gasteiger partial charge in [0.25, 0.3) is 0 Å². The first kappa shape index (κ1) is 9.65. The summed E-state index contributed by atoms with van der Waals surface area (Å²) in [6.07, 6.45) is 0. The third-order valence-electron chi connectivity index (χ3n) is 2.01. The summed E-state index contributed by atoms with van der Waals surface area (Å²) in [6, 6.07) is 6.41. The summed E-state index contributed by atoms with van der Waals surface area (Å²) in [4.78, 5) is 4.34. The number of anilines is 1. The lowest BCUT2D eigenvalue weighted by Crippen LogP contribution is -2.33. The van der Waals surface area contributed by atoms with Crippen molar-refractivity contribution in [1.29, 1.82) is 0 Å². The van der Waals surface area contributed by atoms with E-state index >= 15 is 0 Å². The molecule has 0 bridgehead atoms. The third-order valence-corrected chi connectivity index (χ3v) is 3.28. The smallest absolute Gasteiger partial charge is 0.215 e. The molecule has 3 nitrogen and oxygen atoms in total. The van der Waals surface area contributed by atoms with Crippen LogP contribution in [0.25, 0.3) is 0 Å². The van der Waals surface area contributed by atoms with Gasteiger partial charge in [-0.25, -0.2) is 0 Å². The first-order valence-electron chi connectivity index (χ1n) is 4.82. The van der Waals surface area contributed by atoms with E-state index in [0.717, 1.165) is 5.82 Å². The molecule has 1 N–H and O–H groups in total. The number of thioether (sulfide) groups is 1. The maximum absolute atomic E-state index is 5.32. The standard InChI is InChI=1S/C10H14N2OS/c1-2-13-10-5-3-4-9(12-10)11-8-6-14-7-8/h3-5,8H,2,6-7H2,1H3,(H,11,12). The maximum Gasteiger partial charge on any atom is 0.215 e. The second-order valence-electron chi connectivity index (χ2n) is 3.17. The molecule has 2 rings (SSSR count). The van der Waals surface area contributed by atoms with Gasteiger partial charge in [-0.05, 0) is 13.0 Å². The minimum Gasteiger partial charge on any atom is -0.478 e. The average Bonchev–Trinajstić information content (AvgIpc) is 2.13. The van der Waals surface area contributed by atoms with E-state index in [1.54, 1.807) is 0 Å². The Morgan fingerprint density at radius 3 is 3.07 bits per heavy atom. The minimum atomic E-state index is 0.587. The molecule has 0 aromatic carbocycles. The van der Waals surface area contributed by atoms with Crippen molar-refractivity contribution >= 4 is 17.6 Å². The molecule has 76 valence electrons. The van der Waals surface area contributed by atoms with Crippen molar-refractivity contribution in [1.82, 2.24) is 4.98 Å². The first-order chi connectivity index (χ1) is 6.88. The second-order valence-corrected chi connectivity index (χ2v) is 4.25. The van der Waals surface area contributed by atoms with Crippen molar-refractivity contribution in [3.63, 3.8) is 0 Å². The monoisotopic (exact) mass is 210 g/mol. The van der Waals surface area contributed by atoms with Crippen LogP contribution in [0.1, 0.15) is 6.92 Å². The number of nitrogens with zero attached hydrogens (tertiary/aromatic N) is 1. The summed E-state index contributed by atoms with van der Waals surface area (Å²) in [7, 11) is 0. The van der Waals surface area contributed by atoms with Crippen LogP contribution in [-0.2, 0) is 0 Å². The van der Waals surface area contributed by atoms with Crippen LogP contribution < -0.4 is 10.1 Å². The summed E-state index contributed by atoms with van der Waals surface area (Å²) >= 11 is 1.96. The van der Waals surface area contributed by atoms with Gasteiger partial charge < -0.3 is 10.1 Å². The molecule has 1 aromatic rings. The number of nitrogens with one attached hydrogen (secondary N) is 1. The SMILES string of the molecule is CCOc1cccc(NC2CSC2)n1. The highest BCUT2D eigenvalue weighted by Crippen LogP contribution is 2.21. The topological polar surface area (TPSA) is 34.1 Å². The fourth-order valence-corrected chi connectivity index (χ4v) is 1.89. The zero-order valence-corrected chi connectivity index (χ0v) is 9.01. The Labute approximate surface area is 88.3 Å². The summed E-state index contributed by atoms with van der Waals surface area (Å²) in [5, 5.41) is 3.37. The lowest BCUT2D eigenvalue weighted by Gasteiger charge is -2.26. The molecular weight excluding hydrogens is 196 g/mol. The predicted molar refractivity (Wildman–Crippen MR) is 60.1 cm³/mol. The van der Waals surface area contributed by atoms with Crippen LogP contribution in [-0.4, -0.2) is 29.1 Å². The Morgan fingerprint density at radius 1 is 1.57 bits per heavy atom. The largest absolute Gasteiger partial charge is 0.478 e. The van der Waals surface area contributed by atoms with Gasteiger partial charge in [-0.15, -0.1) is 0 Å². The lowest BCUT2D eigenvalue weighted by molar-refractivity contribution is 0.327. The molecule has 14 heavy (non-hydrogen) atoms. The van der Waals surface area contributed by atoms with Gasteiger partial charge in [0.05, 0.1) is 6.61 Å². The van der Waals surface area contributed by atoms with E-state index in [9.17, 15) is 0 Å². The number of rotatable bonds is 4. The van der Waals surface area contributed by atoms with Crippen LogP contribution in [0.4, 0.5) is 5.82 Å². The van der Waals surface area contributed by atoms with Crippen molar-refractivity contribution < 1.29 is 4.74 Å².